The van der Waals surface area contributed by atoms with Gasteiger partial charge in [-0.25, -0.2) is 23.1 Å². The second kappa shape index (κ2) is 6.61. The fraction of sp³-hybridized carbons (Fsp3) is 0.231. The first-order valence-corrected chi connectivity index (χ1v) is 7.57. The number of nitrogens with one attached hydrogen (secondary N) is 1. The van der Waals surface area contributed by atoms with Crippen LogP contribution < -0.4 is 9.46 Å². The number of nitrogens with zero attached hydrogens (tertiary/aromatic N) is 2. The standard InChI is InChI=1S/C13H15N3O4S/c1-20-13-3-2-12(6-10(13)8-17)21(18,19)16-7-11-4-5-14-9-15-11/h2-6,9,16-17H,7-8H2,1H3. The number of sulfonamides is 1. The van der Waals surface area contributed by atoms with E-state index in [0.29, 0.717) is 17.0 Å². The highest BCUT2D eigenvalue weighted by Crippen LogP contribution is 2.22. The molecule has 0 aliphatic carbocycles. The first-order chi connectivity index (χ1) is 10.1. The molecule has 7 nitrogen and oxygen atoms in total. The number of rotatable bonds is 6. The van der Waals surface area contributed by atoms with Crippen LogP contribution in [-0.4, -0.2) is 30.6 Å². The molecule has 0 saturated carbocycles. The van der Waals surface area contributed by atoms with Crippen molar-refractivity contribution < 1.29 is 18.3 Å². The van der Waals surface area contributed by atoms with Crippen molar-refractivity contribution in [2.24, 2.45) is 0 Å². The lowest BCUT2D eigenvalue weighted by atomic mass is 10.2. The molecule has 0 atom stereocenters. The lowest BCUT2D eigenvalue weighted by Gasteiger charge is -2.10. The predicted octanol–water partition coefficient (Wildman–Crippen LogP) is 0.456. The van der Waals surface area contributed by atoms with Crippen LogP contribution in [0.4, 0.5) is 0 Å². The summed E-state index contributed by atoms with van der Waals surface area (Å²) in [6.45, 7) is -0.246. The molecular weight excluding hydrogens is 294 g/mol. The number of hydrogen-bond donors (Lipinski definition) is 2. The van der Waals surface area contributed by atoms with E-state index in [1.807, 2.05) is 0 Å². The molecule has 0 spiro atoms. The van der Waals surface area contributed by atoms with Crippen LogP contribution in [0.25, 0.3) is 0 Å². The highest BCUT2D eigenvalue weighted by molar-refractivity contribution is 7.89. The minimum Gasteiger partial charge on any atom is -0.496 e. The molecular formula is C13H15N3O4S. The Morgan fingerprint density at radius 3 is 2.76 bits per heavy atom. The molecule has 8 heteroatoms. The molecule has 0 unspecified atom stereocenters. The Morgan fingerprint density at radius 1 is 1.33 bits per heavy atom. The van der Waals surface area contributed by atoms with Gasteiger partial charge in [0.25, 0.3) is 0 Å². The lowest BCUT2D eigenvalue weighted by Crippen LogP contribution is -2.23. The fourth-order valence-corrected chi connectivity index (χ4v) is 2.77. The SMILES string of the molecule is COc1ccc(S(=O)(=O)NCc2ccncn2)cc1CO. The fourth-order valence-electron chi connectivity index (χ4n) is 1.72. The predicted molar refractivity (Wildman–Crippen MR) is 75.0 cm³/mol. The number of ether oxygens (including phenoxy) is 1. The molecule has 0 aliphatic heterocycles. The summed E-state index contributed by atoms with van der Waals surface area (Å²) in [4.78, 5) is 7.76. The second-order valence-electron chi connectivity index (χ2n) is 4.16. The summed E-state index contributed by atoms with van der Waals surface area (Å²) in [7, 11) is -2.24. The molecule has 2 aromatic rings. The number of methoxy groups -OCH3 is 1. The average Bonchev–Trinajstić information content (AvgIpc) is 2.53. The molecule has 0 radical (unpaired) electrons. The summed E-state index contributed by atoms with van der Waals surface area (Å²) in [5, 5.41) is 9.24. The van der Waals surface area contributed by atoms with Crippen LogP contribution in [0.1, 0.15) is 11.3 Å². The average molecular weight is 309 g/mol. The minimum atomic E-state index is -3.69. The van der Waals surface area contributed by atoms with E-state index < -0.39 is 10.0 Å². The second-order valence-corrected chi connectivity index (χ2v) is 5.92. The zero-order valence-electron chi connectivity index (χ0n) is 11.4. The van der Waals surface area contributed by atoms with Gasteiger partial charge in [0, 0.05) is 11.8 Å². The molecule has 0 bridgehead atoms. The van der Waals surface area contributed by atoms with Crippen molar-refractivity contribution in [2.45, 2.75) is 18.0 Å². The smallest absolute Gasteiger partial charge is 0.240 e. The van der Waals surface area contributed by atoms with E-state index in [9.17, 15) is 13.5 Å². The van der Waals surface area contributed by atoms with Gasteiger partial charge in [-0.3, -0.25) is 0 Å². The van der Waals surface area contributed by atoms with Crippen molar-refractivity contribution in [1.82, 2.24) is 14.7 Å². The van der Waals surface area contributed by atoms with Gasteiger partial charge in [0.15, 0.2) is 0 Å². The maximum atomic E-state index is 12.2. The van der Waals surface area contributed by atoms with E-state index in [1.54, 1.807) is 6.07 Å². The van der Waals surface area contributed by atoms with Crippen molar-refractivity contribution in [3.05, 3.63) is 48.0 Å². The normalized spacial score (nSPS) is 11.3. The zero-order valence-corrected chi connectivity index (χ0v) is 12.2. The Labute approximate surface area is 122 Å². The van der Waals surface area contributed by atoms with Crippen LogP contribution in [-0.2, 0) is 23.2 Å². The highest BCUT2D eigenvalue weighted by Gasteiger charge is 2.16. The molecule has 1 aromatic heterocycles. The maximum Gasteiger partial charge on any atom is 0.240 e. The Balaban J connectivity index is 2.19. The van der Waals surface area contributed by atoms with Crippen LogP contribution in [0.15, 0.2) is 41.7 Å². The van der Waals surface area contributed by atoms with Gasteiger partial charge < -0.3 is 9.84 Å². The summed E-state index contributed by atoms with van der Waals surface area (Å²) in [6, 6.07) is 5.92. The lowest BCUT2D eigenvalue weighted by molar-refractivity contribution is 0.273. The molecule has 0 saturated heterocycles. The summed E-state index contributed by atoms with van der Waals surface area (Å²) >= 11 is 0. The molecule has 1 heterocycles. The summed E-state index contributed by atoms with van der Waals surface area (Å²) < 4.78 is 31.9. The zero-order chi connectivity index (χ0) is 15.3. The van der Waals surface area contributed by atoms with Gasteiger partial charge in [-0.2, -0.15) is 0 Å². The third-order valence-corrected chi connectivity index (χ3v) is 4.22. The molecule has 2 N–H and O–H groups in total. The van der Waals surface area contributed by atoms with E-state index in [0.717, 1.165) is 0 Å². The van der Waals surface area contributed by atoms with Gasteiger partial charge in [0.2, 0.25) is 10.0 Å². The minimum absolute atomic E-state index is 0.0569. The molecule has 0 amide bonds. The molecule has 2 rings (SSSR count). The van der Waals surface area contributed by atoms with E-state index in [4.69, 9.17) is 4.74 Å². The number of aromatic nitrogens is 2. The summed E-state index contributed by atoms with van der Waals surface area (Å²) in [5.41, 5.74) is 0.965. The van der Waals surface area contributed by atoms with Crippen molar-refractivity contribution >= 4 is 10.0 Å². The number of benzene rings is 1. The number of aliphatic hydroxyl groups is 1. The van der Waals surface area contributed by atoms with Crippen molar-refractivity contribution in [1.29, 1.82) is 0 Å². The van der Waals surface area contributed by atoms with Crippen LogP contribution >= 0.6 is 0 Å². The third kappa shape index (κ3) is 3.75. The molecule has 0 fully saturated rings. The monoisotopic (exact) mass is 309 g/mol. The van der Waals surface area contributed by atoms with Gasteiger partial charge >= 0.3 is 0 Å². The Bertz CT molecular complexity index is 705. The van der Waals surface area contributed by atoms with Crippen LogP contribution in [0.3, 0.4) is 0 Å². The van der Waals surface area contributed by atoms with Gasteiger partial charge in [-0.15, -0.1) is 0 Å². The van der Waals surface area contributed by atoms with Crippen molar-refractivity contribution in [2.75, 3.05) is 7.11 Å². The molecule has 0 aliphatic rings. The van der Waals surface area contributed by atoms with E-state index in [2.05, 4.69) is 14.7 Å². The van der Waals surface area contributed by atoms with Gasteiger partial charge in [-0.1, -0.05) is 0 Å². The van der Waals surface area contributed by atoms with Crippen LogP contribution in [0.5, 0.6) is 5.75 Å². The van der Waals surface area contributed by atoms with E-state index in [-0.39, 0.29) is 18.0 Å². The first kappa shape index (κ1) is 15.4. The van der Waals surface area contributed by atoms with Gasteiger partial charge in [0.1, 0.15) is 12.1 Å². The maximum absolute atomic E-state index is 12.2. The Hall–Kier alpha value is -2.03. The largest absolute Gasteiger partial charge is 0.496 e. The van der Waals surface area contributed by atoms with Crippen LogP contribution in [0.2, 0.25) is 0 Å². The van der Waals surface area contributed by atoms with E-state index >= 15 is 0 Å². The van der Waals surface area contributed by atoms with Gasteiger partial charge in [-0.05, 0) is 24.3 Å². The Morgan fingerprint density at radius 2 is 2.14 bits per heavy atom. The van der Waals surface area contributed by atoms with E-state index in [1.165, 1.54) is 37.8 Å². The quantitative estimate of drug-likeness (QED) is 0.803. The summed E-state index contributed by atoms with van der Waals surface area (Å²) in [5.74, 6) is 0.437. The molecule has 1 aromatic carbocycles. The molecule has 21 heavy (non-hydrogen) atoms. The number of aliphatic hydroxyl groups excluding tert-OH is 1. The topological polar surface area (TPSA) is 101 Å². The Kier molecular flexibility index (Phi) is 4.84. The molecule has 112 valence electrons. The van der Waals surface area contributed by atoms with Gasteiger partial charge in [0.05, 0.1) is 30.9 Å². The third-order valence-electron chi connectivity index (χ3n) is 2.82. The van der Waals surface area contributed by atoms with Crippen molar-refractivity contribution in [3.8, 4) is 5.75 Å². The van der Waals surface area contributed by atoms with Crippen LogP contribution in [0, 0.1) is 0 Å². The first-order valence-electron chi connectivity index (χ1n) is 6.09. The summed E-state index contributed by atoms with van der Waals surface area (Å²) in [6.07, 6.45) is 2.88. The highest BCUT2D eigenvalue weighted by atomic mass is 32.2. The van der Waals surface area contributed by atoms with Crippen molar-refractivity contribution in [3.63, 3.8) is 0 Å². The number of hydrogen-bond acceptors (Lipinski definition) is 6.